The Morgan fingerprint density at radius 3 is 3.00 bits per heavy atom. The molecule has 4 nitrogen and oxygen atoms in total. The number of hydrogen-bond acceptors (Lipinski definition) is 3. The van der Waals surface area contributed by atoms with Crippen molar-refractivity contribution in [2.75, 3.05) is 19.7 Å². The lowest BCUT2D eigenvalue weighted by Crippen LogP contribution is -2.44. The number of fused-ring (bicyclic) bond motifs is 1. The van der Waals surface area contributed by atoms with Crippen molar-refractivity contribution >= 4 is 16.8 Å². The van der Waals surface area contributed by atoms with Crippen molar-refractivity contribution in [1.82, 2.24) is 9.88 Å². The van der Waals surface area contributed by atoms with E-state index in [9.17, 15) is 9.18 Å². The fourth-order valence-corrected chi connectivity index (χ4v) is 2.63. The molecule has 5 heteroatoms. The summed E-state index contributed by atoms with van der Waals surface area (Å²) in [7, 11) is 0. The van der Waals surface area contributed by atoms with Gasteiger partial charge in [-0.1, -0.05) is 0 Å². The van der Waals surface area contributed by atoms with Crippen molar-refractivity contribution in [3.05, 3.63) is 41.3 Å². The van der Waals surface area contributed by atoms with Gasteiger partial charge < -0.3 is 9.64 Å². The monoisotopic (exact) mass is 288 g/mol. The number of pyridine rings is 1. The summed E-state index contributed by atoms with van der Waals surface area (Å²) in [4.78, 5) is 18.8. The van der Waals surface area contributed by atoms with Crippen LogP contribution in [-0.4, -0.2) is 41.6 Å². The normalized spacial score (nSPS) is 19.0. The van der Waals surface area contributed by atoms with E-state index in [1.54, 1.807) is 24.0 Å². The molecule has 1 fully saturated rings. The van der Waals surface area contributed by atoms with E-state index in [0.29, 0.717) is 36.5 Å². The largest absolute Gasteiger partial charge is 0.375 e. The first kappa shape index (κ1) is 13.9. The topological polar surface area (TPSA) is 42.4 Å². The van der Waals surface area contributed by atoms with Crippen molar-refractivity contribution in [2.45, 2.75) is 20.0 Å². The lowest BCUT2D eigenvalue weighted by Gasteiger charge is -2.31. The van der Waals surface area contributed by atoms with Crippen molar-refractivity contribution in [1.29, 1.82) is 0 Å². The Labute approximate surface area is 122 Å². The number of benzene rings is 1. The summed E-state index contributed by atoms with van der Waals surface area (Å²) in [6.45, 7) is 5.46. The van der Waals surface area contributed by atoms with Gasteiger partial charge in [-0.3, -0.25) is 9.78 Å². The molecule has 2 heterocycles. The molecule has 0 N–H and O–H groups in total. The summed E-state index contributed by atoms with van der Waals surface area (Å²) in [5, 5.41) is 0.770. The maximum Gasteiger partial charge on any atom is 0.255 e. The fourth-order valence-electron chi connectivity index (χ4n) is 2.63. The zero-order valence-corrected chi connectivity index (χ0v) is 12.1. The van der Waals surface area contributed by atoms with Gasteiger partial charge in [-0.2, -0.15) is 0 Å². The fraction of sp³-hybridized carbons (Fsp3) is 0.375. The molecule has 1 saturated heterocycles. The van der Waals surface area contributed by atoms with Crippen LogP contribution < -0.4 is 0 Å². The number of halogens is 1. The summed E-state index contributed by atoms with van der Waals surface area (Å²) in [5.41, 5.74) is 1.76. The molecule has 1 amide bonds. The SMILES string of the molecule is Cc1nc2cc(F)ccc2cc1C(=O)N1CCOC(C)C1. The minimum absolute atomic E-state index is 0.0404. The predicted octanol–water partition coefficient (Wildman–Crippen LogP) is 2.54. The van der Waals surface area contributed by atoms with Crippen LogP contribution in [0.15, 0.2) is 24.3 Å². The number of carbonyl (C=O) groups excluding carboxylic acids is 1. The molecule has 2 aromatic rings. The zero-order valence-electron chi connectivity index (χ0n) is 12.1. The Balaban J connectivity index is 1.97. The minimum atomic E-state index is -0.324. The first-order chi connectivity index (χ1) is 10.0. The second-order valence-electron chi connectivity index (χ2n) is 5.39. The third-order valence-corrected chi connectivity index (χ3v) is 3.73. The Morgan fingerprint density at radius 2 is 2.24 bits per heavy atom. The molecule has 0 radical (unpaired) electrons. The van der Waals surface area contributed by atoms with Gasteiger partial charge >= 0.3 is 0 Å². The van der Waals surface area contributed by atoms with Crippen molar-refractivity contribution in [3.63, 3.8) is 0 Å². The molecule has 0 spiro atoms. The second kappa shape index (κ2) is 5.41. The summed E-state index contributed by atoms with van der Waals surface area (Å²) in [6, 6.07) is 6.20. The maximum atomic E-state index is 13.2. The van der Waals surface area contributed by atoms with E-state index in [1.165, 1.54) is 12.1 Å². The summed E-state index contributed by atoms with van der Waals surface area (Å²) in [5.74, 6) is -0.364. The van der Waals surface area contributed by atoms with Crippen LogP contribution in [0.2, 0.25) is 0 Å². The predicted molar refractivity (Wildman–Crippen MR) is 77.8 cm³/mol. The van der Waals surface area contributed by atoms with E-state index >= 15 is 0 Å². The van der Waals surface area contributed by atoms with Crippen LogP contribution in [0.5, 0.6) is 0 Å². The standard InChI is InChI=1S/C16H17FN2O2/c1-10-9-19(5-6-21-10)16(20)14-7-12-3-4-13(17)8-15(12)18-11(14)2/h3-4,7-8,10H,5-6,9H2,1-2H3. The highest BCUT2D eigenvalue weighted by atomic mass is 19.1. The average molecular weight is 288 g/mol. The number of aromatic nitrogens is 1. The van der Waals surface area contributed by atoms with Gasteiger partial charge in [-0.15, -0.1) is 0 Å². The molecule has 0 aliphatic carbocycles. The van der Waals surface area contributed by atoms with E-state index in [2.05, 4.69) is 4.98 Å². The van der Waals surface area contributed by atoms with Crippen LogP contribution in [0, 0.1) is 12.7 Å². The van der Waals surface area contributed by atoms with E-state index in [4.69, 9.17) is 4.74 Å². The number of amides is 1. The van der Waals surface area contributed by atoms with Crippen LogP contribution in [0.4, 0.5) is 4.39 Å². The third kappa shape index (κ3) is 2.74. The number of aryl methyl sites for hydroxylation is 1. The smallest absolute Gasteiger partial charge is 0.255 e. The molecule has 1 atom stereocenters. The van der Waals surface area contributed by atoms with Gasteiger partial charge in [0, 0.05) is 24.5 Å². The van der Waals surface area contributed by atoms with Crippen LogP contribution in [0.25, 0.3) is 10.9 Å². The second-order valence-corrected chi connectivity index (χ2v) is 5.39. The van der Waals surface area contributed by atoms with Gasteiger partial charge in [-0.25, -0.2) is 4.39 Å². The lowest BCUT2D eigenvalue weighted by molar-refractivity contribution is -0.0124. The van der Waals surface area contributed by atoms with Gasteiger partial charge in [0.25, 0.3) is 5.91 Å². The summed E-state index contributed by atoms with van der Waals surface area (Å²) < 4.78 is 18.7. The number of morpholine rings is 1. The third-order valence-electron chi connectivity index (χ3n) is 3.73. The Hall–Kier alpha value is -2.01. The zero-order chi connectivity index (χ0) is 15.0. The first-order valence-corrected chi connectivity index (χ1v) is 7.02. The first-order valence-electron chi connectivity index (χ1n) is 7.02. The van der Waals surface area contributed by atoms with Gasteiger partial charge in [-0.05, 0) is 32.0 Å². The molecule has 3 rings (SSSR count). The molecule has 1 aliphatic rings. The van der Waals surface area contributed by atoms with Crippen molar-refractivity contribution < 1.29 is 13.9 Å². The molecule has 1 unspecified atom stereocenters. The highest BCUT2D eigenvalue weighted by Crippen LogP contribution is 2.20. The van der Waals surface area contributed by atoms with Crippen molar-refractivity contribution in [2.24, 2.45) is 0 Å². The van der Waals surface area contributed by atoms with Crippen LogP contribution in [-0.2, 0) is 4.74 Å². The van der Waals surface area contributed by atoms with E-state index in [-0.39, 0.29) is 17.8 Å². The van der Waals surface area contributed by atoms with E-state index < -0.39 is 0 Å². The van der Waals surface area contributed by atoms with E-state index in [0.717, 1.165) is 5.39 Å². The molecule has 1 aromatic heterocycles. The number of ether oxygens (including phenoxy) is 1. The van der Waals surface area contributed by atoms with E-state index in [1.807, 2.05) is 6.92 Å². The van der Waals surface area contributed by atoms with Gasteiger partial charge in [0.2, 0.25) is 0 Å². The molecule has 110 valence electrons. The average Bonchev–Trinajstić information content (AvgIpc) is 2.45. The molecule has 1 aromatic carbocycles. The van der Waals surface area contributed by atoms with Crippen LogP contribution in [0.3, 0.4) is 0 Å². The number of rotatable bonds is 1. The van der Waals surface area contributed by atoms with Gasteiger partial charge in [0.05, 0.1) is 29.5 Å². The quantitative estimate of drug-likeness (QED) is 0.810. The highest BCUT2D eigenvalue weighted by molar-refractivity contribution is 5.98. The van der Waals surface area contributed by atoms with Gasteiger partial charge in [0.15, 0.2) is 0 Å². The summed E-state index contributed by atoms with van der Waals surface area (Å²) >= 11 is 0. The highest BCUT2D eigenvalue weighted by Gasteiger charge is 2.24. The summed E-state index contributed by atoms with van der Waals surface area (Å²) in [6.07, 6.45) is 0.0468. The van der Waals surface area contributed by atoms with Crippen molar-refractivity contribution in [3.8, 4) is 0 Å². The maximum absolute atomic E-state index is 13.2. The lowest BCUT2D eigenvalue weighted by atomic mass is 10.1. The Kier molecular flexibility index (Phi) is 3.59. The number of nitrogens with zero attached hydrogens (tertiary/aromatic N) is 2. The Morgan fingerprint density at radius 1 is 1.43 bits per heavy atom. The van der Waals surface area contributed by atoms with Gasteiger partial charge in [0.1, 0.15) is 5.82 Å². The molecule has 1 aliphatic heterocycles. The minimum Gasteiger partial charge on any atom is -0.375 e. The molecular weight excluding hydrogens is 271 g/mol. The molecule has 0 bridgehead atoms. The molecular formula is C16H17FN2O2. The van der Waals surface area contributed by atoms with Crippen LogP contribution >= 0.6 is 0 Å². The molecule has 21 heavy (non-hydrogen) atoms. The number of carbonyl (C=O) groups is 1. The molecule has 0 saturated carbocycles. The Bertz CT molecular complexity index is 702. The van der Waals surface area contributed by atoms with Crippen LogP contribution in [0.1, 0.15) is 23.0 Å². The number of hydrogen-bond donors (Lipinski definition) is 0.